The predicted molar refractivity (Wildman–Crippen MR) is 136 cm³/mol. The van der Waals surface area contributed by atoms with Gasteiger partial charge in [-0.15, -0.1) is 13.2 Å². The fourth-order valence-electron chi connectivity index (χ4n) is 3.66. The Hall–Kier alpha value is -3.06. The van der Waals surface area contributed by atoms with Crippen LogP contribution in [0.5, 0.6) is 5.75 Å². The molecule has 0 saturated carbocycles. The van der Waals surface area contributed by atoms with Crippen molar-refractivity contribution in [1.82, 2.24) is 16.0 Å². The molecule has 0 unspecified atom stereocenters. The number of aliphatic hydroxyl groups excluding tert-OH is 1. The molecule has 10 nitrogen and oxygen atoms in total. The fraction of sp³-hybridized carbons (Fsp3) is 0.640. The summed E-state index contributed by atoms with van der Waals surface area (Å²) in [6.07, 6.45) is -6.19. The number of benzene rings is 1. The molecule has 0 aliphatic heterocycles. The van der Waals surface area contributed by atoms with Crippen LogP contribution in [0.1, 0.15) is 64.7 Å². The Morgan fingerprint density at radius 2 is 1.74 bits per heavy atom. The summed E-state index contributed by atoms with van der Waals surface area (Å²) in [5, 5.41) is 28.3. The molecule has 0 radical (unpaired) electrons. The van der Waals surface area contributed by atoms with Crippen molar-refractivity contribution in [2.45, 2.75) is 78.4 Å². The van der Waals surface area contributed by atoms with E-state index in [0.717, 1.165) is 23.1 Å². The zero-order chi connectivity index (χ0) is 29.3. The van der Waals surface area contributed by atoms with Gasteiger partial charge >= 0.3 is 12.5 Å². The molecule has 5 N–H and O–H groups in total. The van der Waals surface area contributed by atoms with Crippen molar-refractivity contribution in [3.63, 3.8) is 0 Å². The van der Waals surface area contributed by atoms with Gasteiger partial charge in [0.05, 0.1) is 29.9 Å². The Morgan fingerprint density at radius 1 is 1.11 bits per heavy atom. The first kappa shape index (κ1) is 33.0. The lowest BCUT2D eigenvalue weighted by Crippen LogP contribution is -2.52. The van der Waals surface area contributed by atoms with Crippen LogP contribution in [0.15, 0.2) is 18.2 Å². The van der Waals surface area contributed by atoms with Crippen LogP contribution in [0.25, 0.3) is 0 Å². The average molecular weight is 549 g/mol. The van der Waals surface area contributed by atoms with Gasteiger partial charge in [0.15, 0.2) is 0 Å². The quantitative estimate of drug-likeness (QED) is 0.254. The number of rotatable bonds is 13. The Bertz CT molecular complexity index is 950. The fourth-order valence-corrected chi connectivity index (χ4v) is 3.66. The Balaban J connectivity index is 3.14. The van der Waals surface area contributed by atoms with E-state index in [1.165, 1.54) is 0 Å². The van der Waals surface area contributed by atoms with Gasteiger partial charge in [-0.05, 0) is 57.9 Å². The van der Waals surface area contributed by atoms with Crippen molar-refractivity contribution in [1.29, 1.82) is 0 Å². The highest BCUT2D eigenvalue weighted by Crippen LogP contribution is 2.32. The molecule has 1 aromatic carbocycles. The summed E-state index contributed by atoms with van der Waals surface area (Å²) >= 11 is 0. The molecule has 0 bridgehead atoms. The van der Waals surface area contributed by atoms with Crippen molar-refractivity contribution in [2.75, 3.05) is 24.5 Å². The molecule has 0 spiro atoms. The number of alkyl halides is 3. The number of nitrogens with zero attached hydrogens (tertiary/aromatic N) is 1. The van der Waals surface area contributed by atoms with Crippen LogP contribution in [0.4, 0.5) is 23.7 Å². The molecule has 3 amide bonds. The lowest BCUT2D eigenvalue weighted by molar-refractivity contribution is -0.274. The topological polar surface area (TPSA) is 140 Å². The third-order valence-corrected chi connectivity index (χ3v) is 5.27. The van der Waals surface area contributed by atoms with Crippen molar-refractivity contribution >= 4 is 23.6 Å². The van der Waals surface area contributed by atoms with E-state index < -0.39 is 59.8 Å². The van der Waals surface area contributed by atoms with Gasteiger partial charge in [0.25, 0.3) is 5.91 Å². The standard InChI is InChI=1S/C25H39F3N4O6/c1-7-8-20(33)18(13-29-12-15(2)3)31-21(34)14-30-22(35)17-11-16(38-25(26,27)28)9-10-19(17)32(23(36)37)24(4,5)6/h9-11,15,18,20,29,33H,7-8,12-14H2,1-6H3,(H,30,35)(H,31,34)(H,36,37)/t18-,20-/m0/s1. The first-order valence-electron chi connectivity index (χ1n) is 12.4. The molecule has 216 valence electrons. The van der Waals surface area contributed by atoms with Crippen LogP contribution < -0.4 is 25.6 Å². The van der Waals surface area contributed by atoms with E-state index in [0.29, 0.717) is 31.8 Å². The number of carbonyl (C=O) groups excluding carboxylic acids is 2. The Morgan fingerprint density at radius 3 is 2.24 bits per heavy atom. The van der Waals surface area contributed by atoms with Gasteiger partial charge < -0.3 is 30.9 Å². The number of carbonyl (C=O) groups is 3. The van der Waals surface area contributed by atoms with E-state index in [1.807, 2.05) is 20.8 Å². The second-order valence-electron chi connectivity index (χ2n) is 10.3. The summed E-state index contributed by atoms with van der Waals surface area (Å²) in [6, 6.07) is 2.06. The van der Waals surface area contributed by atoms with E-state index in [-0.39, 0.29) is 5.69 Å². The van der Waals surface area contributed by atoms with Crippen molar-refractivity contribution in [3.8, 4) is 5.75 Å². The van der Waals surface area contributed by atoms with Gasteiger partial charge in [-0.3, -0.25) is 14.5 Å². The smallest absolute Gasteiger partial charge is 0.465 e. The van der Waals surface area contributed by atoms with Crippen LogP contribution in [0.2, 0.25) is 0 Å². The van der Waals surface area contributed by atoms with Gasteiger partial charge in [0.2, 0.25) is 5.91 Å². The Labute approximate surface area is 220 Å². The van der Waals surface area contributed by atoms with E-state index in [9.17, 15) is 37.8 Å². The average Bonchev–Trinajstić information content (AvgIpc) is 2.75. The van der Waals surface area contributed by atoms with Gasteiger partial charge in [-0.1, -0.05) is 27.2 Å². The van der Waals surface area contributed by atoms with Crippen LogP contribution >= 0.6 is 0 Å². The van der Waals surface area contributed by atoms with Gasteiger partial charge in [-0.2, -0.15) is 0 Å². The highest BCUT2D eigenvalue weighted by Gasteiger charge is 2.34. The molecule has 1 aromatic rings. The maximum atomic E-state index is 13.0. The van der Waals surface area contributed by atoms with Crippen LogP contribution in [-0.4, -0.2) is 71.8 Å². The lowest BCUT2D eigenvalue weighted by Gasteiger charge is -2.34. The molecular formula is C25H39F3N4O6. The van der Waals surface area contributed by atoms with Crippen molar-refractivity contribution < 1.29 is 42.5 Å². The summed E-state index contributed by atoms with van der Waals surface area (Å²) in [7, 11) is 0. The minimum Gasteiger partial charge on any atom is -0.465 e. The maximum Gasteiger partial charge on any atom is 0.573 e. The highest BCUT2D eigenvalue weighted by molar-refractivity contribution is 6.05. The molecule has 2 atom stereocenters. The number of hydrogen-bond donors (Lipinski definition) is 5. The third-order valence-electron chi connectivity index (χ3n) is 5.27. The number of anilines is 1. The monoisotopic (exact) mass is 548 g/mol. The summed E-state index contributed by atoms with van der Waals surface area (Å²) in [6.45, 7) is 10.9. The van der Waals surface area contributed by atoms with Crippen LogP contribution in [0.3, 0.4) is 0 Å². The molecule has 13 heteroatoms. The zero-order valence-electron chi connectivity index (χ0n) is 22.6. The molecular weight excluding hydrogens is 509 g/mol. The predicted octanol–water partition coefficient (Wildman–Crippen LogP) is 3.49. The lowest BCUT2D eigenvalue weighted by atomic mass is 10.0. The van der Waals surface area contributed by atoms with Gasteiger partial charge in [0, 0.05) is 12.1 Å². The molecule has 38 heavy (non-hydrogen) atoms. The number of aliphatic hydroxyl groups is 1. The molecule has 0 heterocycles. The second-order valence-corrected chi connectivity index (χ2v) is 10.3. The van der Waals surface area contributed by atoms with E-state index in [2.05, 4.69) is 20.7 Å². The molecule has 1 rings (SSSR count). The number of amides is 3. The van der Waals surface area contributed by atoms with Crippen molar-refractivity contribution in [3.05, 3.63) is 23.8 Å². The summed E-state index contributed by atoms with van der Waals surface area (Å²) in [5.74, 6) is -2.00. The minimum absolute atomic E-state index is 0.188. The molecule has 0 aromatic heterocycles. The van der Waals surface area contributed by atoms with Gasteiger partial charge in [0.1, 0.15) is 5.75 Å². The normalized spacial score (nSPS) is 13.6. The van der Waals surface area contributed by atoms with Crippen molar-refractivity contribution in [2.24, 2.45) is 5.92 Å². The SMILES string of the molecule is CCC[C@H](O)[C@H](CNCC(C)C)NC(=O)CNC(=O)c1cc(OC(F)(F)F)ccc1N(C(=O)O)C(C)(C)C. The highest BCUT2D eigenvalue weighted by atomic mass is 19.4. The molecule has 0 aliphatic rings. The summed E-state index contributed by atoms with van der Waals surface area (Å²) in [4.78, 5) is 38.4. The van der Waals surface area contributed by atoms with Crippen LogP contribution in [0, 0.1) is 5.92 Å². The maximum absolute atomic E-state index is 13.0. The minimum atomic E-state index is -5.04. The number of halogens is 3. The number of hydrogen-bond acceptors (Lipinski definition) is 6. The summed E-state index contributed by atoms with van der Waals surface area (Å²) in [5.41, 5.74) is -1.68. The molecule has 0 fully saturated rings. The molecule has 0 saturated heterocycles. The molecule has 0 aliphatic carbocycles. The Kier molecular flexibility index (Phi) is 12.3. The van der Waals surface area contributed by atoms with Gasteiger partial charge in [-0.25, -0.2) is 4.79 Å². The largest absolute Gasteiger partial charge is 0.573 e. The second kappa shape index (κ2) is 14.2. The van der Waals surface area contributed by atoms with Crippen LogP contribution in [-0.2, 0) is 4.79 Å². The van der Waals surface area contributed by atoms with E-state index in [1.54, 1.807) is 20.8 Å². The van der Waals surface area contributed by atoms with E-state index >= 15 is 0 Å². The first-order valence-corrected chi connectivity index (χ1v) is 12.4. The third kappa shape index (κ3) is 11.1. The number of ether oxygens (including phenoxy) is 1. The zero-order valence-corrected chi connectivity index (χ0v) is 22.6. The first-order chi connectivity index (χ1) is 17.5. The number of nitrogens with one attached hydrogen (secondary N) is 3. The van der Waals surface area contributed by atoms with E-state index in [4.69, 9.17) is 0 Å². The summed E-state index contributed by atoms with van der Waals surface area (Å²) < 4.78 is 42.2. The number of carboxylic acid groups (broad SMARTS) is 1.